The maximum Gasteiger partial charge on any atom is 0.276 e. The van der Waals surface area contributed by atoms with E-state index in [4.69, 9.17) is 0 Å². The zero-order chi connectivity index (χ0) is 21.3. The maximum absolute atomic E-state index is 12.9. The molecule has 1 amide bonds. The van der Waals surface area contributed by atoms with E-state index >= 15 is 0 Å². The predicted molar refractivity (Wildman–Crippen MR) is 119 cm³/mol. The first-order valence-electron chi connectivity index (χ1n) is 10.5. The lowest BCUT2D eigenvalue weighted by Gasteiger charge is -2.32. The van der Waals surface area contributed by atoms with Crippen molar-refractivity contribution in [1.82, 2.24) is 9.80 Å². The topological polar surface area (TPSA) is 66.7 Å². The van der Waals surface area contributed by atoms with E-state index in [1.165, 1.54) is 18.9 Å². The molecule has 6 nitrogen and oxygen atoms in total. The van der Waals surface area contributed by atoms with Gasteiger partial charge in [-0.1, -0.05) is 54.6 Å². The van der Waals surface area contributed by atoms with E-state index in [1.807, 2.05) is 36.2 Å². The van der Waals surface area contributed by atoms with Gasteiger partial charge in [0, 0.05) is 26.1 Å². The highest BCUT2D eigenvalue weighted by atomic mass is 16.6. The molecule has 0 spiro atoms. The van der Waals surface area contributed by atoms with Crippen molar-refractivity contribution in [3.8, 4) is 0 Å². The van der Waals surface area contributed by atoms with Crippen LogP contribution in [-0.2, 0) is 4.79 Å². The number of amides is 1. The van der Waals surface area contributed by atoms with Crippen LogP contribution in [0.3, 0.4) is 0 Å². The van der Waals surface area contributed by atoms with E-state index in [0.29, 0.717) is 18.4 Å². The van der Waals surface area contributed by atoms with E-state index < -0.39 is 0 Å². The Morgan fingerprint density at radius 1 is 1.13 bits per heavy atom. The van der Waals surface area contributed by atoms with Crippen LogP contribution in [0.25, 0.3) is 6.08 Å². The van der Waals surface area contributed by atoms with Crippen molar-refractivity contribution in [3.63, 3.8) is 0 Å². The molecule has 158 valence electrons. The van der Waals surface area contributed by atoms with Gasteiger partial charge in [0.25, 0.3) is 5.69 Å². The number of para-hydroxylation sites is 1. The minimum Gasteiger partial charge on any atom is -0.337 e. The molecule has 1 heterocycles. The summed E-state index contributed by atoms with van der Waals surface area (Å²) in [5, 5.41) is 11.1. The van der Waals surface area contributed by atoms with Crippen molar-refractivity contribution in [2.24, 2.45) is 0 Å². The largest absolute Gasteiger partial charge is 0.337 e. The van der Waals surface area contributed by atoms with Crippen LogP contribution in [0.15, 0.2) is 60.7 Å². The Morgan fingerprint density at radius 2 is 1.80 bits per heavy atom. The molecular formula is C24H29N3O3. The summed E-state index contributed by atoms with van der Waals surface area (Å²) < 4.78 is 0. The lowest BCUT2D eigenvalue weighted by atomic mass is 10.0. The molecule has 2 aromatic rings. The van der Waals surface area contributed by atoms with Crippen LogP contribution in [0, 0.1) is 10.1 Å². The van der Waals surface area contributed by atoms with Crippen molar-refractivity contribution < 1.29 is 9.72 Å². The third-order valence-electron chi connectivity index (χ3n) is 5.63. The van der Waals surface area contributed by atoms with Crippen LogP contribution in [-0.4, -0.2) is 47.3 Å². The molecule has 1 aliphatic heterocycles. The summed E-state index contributed by atoms with van der Waals surface area (Å²) in [4.78, 5) is 27.9. The average molecular weight is 408 g/mol. The van der Waals surface area contributed by atoms with Gasteiger partial charge in [0.2, 0.25) is 5.91 Å². The van der Waals surface area contributed by atoms with Gasteiger partial charge in [-0.3, -0.25) is 14.9 Å². The van der Waals surface area contributed by atoms with E-state index in [2.05, 4.69) is 17.0 Å². The monoisotopic (exact) mass is 407 g/mol. The molecule has 0 aromatic heterocycles. The summed E-state index contributed by atoms with van der Waals surface area (Å²) >= 11 is 0. The lowest BCUT2D eigenvalue weighted by Crippen LogP contribution is -2.38. The first-order chi connectivity index (χ1) is 14.6. The molecule has 0 aliphatic carbocycles. The van der Waals surface area contributed by atoms with Gasteiger partial charge in [0.1, 0.15) is 0 Å². The summed E-state index contributed by atoms with van der Waals surface area (Å²) in [6.45, 7) is 3.02. The van der Waals surface area contributed by atoms with Crippen molar-refractivity contribution >= 4 is 17.7 Å². The third-order valence-corrected chi connectivity index (χ3v) is 5.63. The first kappa shape index (κ1) is 21.7. The standard InChI is InChI=1S/C24H29N3O3/c1-25(23(19-26-17-9-10-18-26)21-11-3-2-4-12-21)24(28)16-8-6-14-20-13-5-7-15-22(20)27(29)30/h2-7,11-15,23H,8-10,16-19H2,1H3/b14-6+/t23-/m1/s1. The third kappa shape index (κ3) is 5.76. The summed E-state index contributed by atoms with van der Waals surface area (Å²) in [7, 11) is 1.88. The summed E-state index contributed by atoms with van der Waals surface area (Å²) in [6, 6.07) is 16.8. The molecule has 1 aliphatic rings. The van der Waals surface area contributed by atoms with Crippen LogP contribution in [0.5, 0.6) is 0 Å². The van der Waals surface area contributed by atoms with Gasteiger partial charge in [-0.2, -0.15) is 0 Å². The summed E-state index contributed by atoms with van der Waals surface area (Å²) in [5.41, 5.74) is 1.78. The van der Waals surface area contributed by atoms with Crippen LogP contribution >= 0.6 is 0 Å². The quantitative estimate of drug-likeness (QED) is 0.447. The average Bonchev–Trinajstić information content (AvgIpc) is 3.28. The molecular weight excluding hydrogens is 378 g/mol. The number of rotatable bonds is 9. The predicted octanol–water partition coefficient (Wildman–Crippen LogP) is 4.68. The number of likely N-dealkylation sites (N-methyl/N-ethyl adjacent to an activating group) is 1. The van der Waals surface area contributed by atoms with Crippen molar-refractivity contribution in [1.29, 1.82) is 0 Å². The molecule has 1 fully saturated rings. The number of nitrogens with zero attached hydrogens (tertiary/aromatic N) is 3. The van der Waals surface area contributed by atoms with Crippen LogP contribution in [0.2, 0.25) is 0 Å². The second-order valence-corrected chi connectivity index (χ2v) is 7.70. The summed E-state index contributed by atoms with van der Waals surface area (Å²) in [6.07, 6.45) is 6.92. The Morgan fingerprint density at radius 3 is 2.50 bits per heavy atom. The highest BCUT2D eigenvalue weighted by Gasteiger charge is 2.25. The Bertz CT molecular complexity index is 876. The fourth-order valence-electron chi connectivity index (χ4n) is 3.90. The van der Waals surface area contributed by atoms with Gasteiger partial charge in [-0.25, -0.2) is 0 Å². The minimum absolute atomic E-state index is 0.0241. The van der Waals surface area contributed by atoms with Crippen molar-refractivity contribution in [2.75, 3.05) is 26.7 Å². The Hall–Kier alpha value is -2.99. The smallest absolute Gasteiger partial charge is 0.276 e. The number of nitro benzene ring substituents is 1. The van der Waals surface area contributed by atoms with Gasteiger partial charge in [-0.15, -0.1) is 0 Å². The highest BCUT2D eigenvalue weighted by Crippen LogP contribution is 2.24. The summed E-state index contributed by atoms with van der Waals surface area (Å²) in [5.74, 6) is 0.0789. The molecule has 0 radical (unpaired) electrons. The maximum atomic E-state index is 12.9. The number of benzene rings is 2. The van der Waals surface area contributed by atoms with Gasteiger partial charge in [-0.05, 0) is 44.0 Å². The van der Waals surface area contributed by atoms with E-state index in [-0.39, 0.29) is 22.6 Å². The number of nitro groups is 1. The van der Waals surface area contributed by atoms with E-state index in [0.717, 1.165) is 25.2 Å². The Kier molecular flexibility index (Phi) is 7.74. The first-order valence-corrected chi connectivity index (χ1v) is 10.5. The number of carbonyl (C=O) groups excluding carboxylic acids is 1. The number of likely N-dealkylation sites (tertiary alicyclic amines) is 1. The second kappa shape index (κ2) is 10.7. The van der Waals surface area contributed by atoms with Crippen LogP contribution in [0.1, 0.15) is 42.9 Å². The van der Waals surface area contributed by atoms with E-state index in [1.54, 1.807) is 24.3 Å². The van der Waals surface area contributed by atoms with Gasteiger partial charge < -0.3 is 9.80 Å². The molecule has 0 saturated carbocycles. The van der Waals surface area contributed by atoms with E-state index in [9.17, 15) is 14.9 Å². The number of hydrogen-bond donors (Lipinski definition) is 0. The highest BCUT2D eigenvalue weighted by molar-refractivity contribution is 5.76. The second-order valence-electron chi connectivity index (χ2n) is 7.70. The molecule has 1 saturated heterocycles. The lowest BCUT2D eigenvalue weighted by molar-refractivity contribution is -0.385. The van der Waals surface area contributed by atoms with Crippen LogP contribution in [0.4, 0.5) is 5.69 Å². The minimum atomic E-state index is -0.387. The van der Waals surface area contributed by atoms with Gasteiger partial charge in [0.05, 0.1) is 16.5 Å². The molecule has 30 heavy (non-hydrogen) atoms. The molecule has 1 atom stereocenters. The molecule has 0 N–H and O–H groups in total. The molecule has 0 bridgehead atoms. The fraction of sp³-hybridized carbons (Fsp3) is 0.375. The SMILES string of the molecule is CN(C(=O)CC/C=C/c1ccccc1[N+](=O)[O-])[C@H](CN1CCCC1)c1ccccc1. The fourth-order valence-corrected chi connectivity index (χ4v) is 3.90. The van der Waals surface area contributed by atoms with Gasteiger partial charge >= 0.3 is 0 Å². The molecule has 0 unspecified atom stereocenters. The molecule has 3 rings (SSSR count). The van der Waals surface area contributed by atoms with Crippen molar-refractivity contribution in [2.45, 2.75) is 31.7 Å². The zero-order valence-corrected chi connectivity index (χ0v) is 17.4. The van der Waals surface area contributed by atoms with Crippen LogP contribution < -0.4 is 0 Å². The Balaban J connectivity index is 1.62. The molecule has 6 heteroatoms. The normalized spacial score (nSPS) is 15.4. The zero-order valence-electron chi connectivity index (χ0n) is 17.4. The van der Waals surface area contributed by atoms with Crippen molar-refractivity contribution in [3.05, 3.63) is 81.9 Å². The Labute approximate surface area is 178 Å². The molecule has 2 aromatic carbocycles. The number of allylic oxidation sites excluding steroid dienone is 1. The van der Waals surface area contributed by atoms with Gasteiger partial charge in [0.15, 0.2) is 0 Å². The number of carbonyl (C=O) groups is 1. The number of hydrogen-bond acceptors (Lipinski definition) is 4.